The Hall–Kier alpha value is -4.20. The summed E-state index contributed by atoms with van der Waals surface area (Å²) < 4.78 is 0. The first-order valence-corrected chi connectivity index (χ1v) is 11.9. The maximum atomic E-state index is 13.1. The van der Waals surface area contributed by atoms with E-state index in [1.54, 1.807) is 6.92 Å². The minimum atomic E-state index is -1.67. The number of carboxylic acids is 2. The molecule has 14 nitrogen and oxygen atoms in total. The molecule has 0 aliphatic heterocycles. The van der Waals surface area contributed by atoms with Crippen molar-refractivity contribution in [1.29, 1.82) is 0 Å². The highest BCUT2D eigenvalue weighted by molar-refractivity contribution is 5.95. The van der Waals surface area contributed by atoms with Gasteiger partial charge in [0, 0.05) is 12.8 Å². The molecule has 38 heavy (non-hydrogen) atoms. The van der Waals surface area contributed by atoms with E-state index in [0.29, 0.717) is 12.0 Å². The summed E-state index contributed by atoms with van der Waals surface area (Å²) in [7, 11) is 0. The number of benzene rings is 1. The molecular formula is C24H35N5O9. The van der Waals surface area contributed by atoms with Gasteiger partial charge < -0.3 is 42.7 Å². The number of carboxylic acid groups (broad SMARTS) is 2. The SMILES string of the molecule is CCC(C)C(N)C(=O)NC(CCC(=O)O)C(=O)NC(Cc1ccc(O)cc1)C(=O)NC(CC(N)=O)C(=O)O. The van der Waals surface area contributed by atoms with Crippen LogP contribution in [-0.2, 0) is 35.2 Å². The van der Waals surface area contributed by atoms with Gasteiger partial charge in [-0.1, -0.05) is 32.4 Å². The number of nitrogens with two attached hydrogens (primary N) is 2. The average molecular weight is 538 g/mol. The number of nitrogens with one attached hydrogen (secondary N) is 3. The van der Waals surface area contributed by atoms with Crippen molar-refractivity contribution in [2.45, 2.75) is 70.1 Å². The van der Waals surface area contributed by atoms with Crippen LogP contribution in [0.4, 0.5) is 0 Å². The Morgan fingerprint density at radius 2 is 1.39 bits per heavy atom. The lowest BCUT2D eigenvalue weighted by Gasteiger charge is -2.26. The highest BCUT2D eigenvalue weighted by atomic mass is 16.4. The molecule has 14 heteroatoms. The Balaban J connectivity index is 3.21. The molecule has 5 atom stereocenters. The first-order valence-electron chi connectivity index (χ1n) is 11.9. The van der Waals surface area contributed by atoms with Crippen LogP contribution in [0.25, 0.3) is 0 Å². The zero-order valence-corrected chi connectivity index (χ0v) is 21.2. The molecule has 1 rings (SSSR count). The number of rotatable bonds is 16. The predicted molar refractivity (Wildman–Crippen MR) is 133 cm³/mol. The Kier molecular flexibility index (Phi) is 12.7. The van der Waals surface area contributed by atoms with Gasteiger partial charge in [0.1, 0.15) is 23.9 Å². The third-order valence-electron chi connectivity index (χ3n) is 5.87. The summed E-state index contributed by atoms with van der Waals surface area (Å²) in [5, 5.41) is 34.9. The zero-order valence-electron chi connectivity index (χ0n) is 21.2. The van der Waals surface area contributed by atoms with Gasteiger partial charge in [0.15, 0.2) is 0 Å². The van der Waals surface area contributed by atoms with E-state index in [4.69, 9.17) is 16.6 Å². The molecule has 0 saturated carbocycles. The molecule has 0 saturated heterocycles. The minimum absolute atomic E-state index is 0.0553. The number of aliphatic carboxylic acids is 2. The van der Waals surface area contributed by atoms with E-state index in [1.807, 2.05) is 6.92 Å². The van der Waals surface area contributed by atoms with Crippen LogP contribution >= 0.6 is 0 Å². The first kappa shape index (κ1) is 31.8. The number of phenolic OH excluding ortho intramolecular Hbond substituents is 1. The average Bonchev–Trinajstić information content (AvgIpc) is 2.85. The second-order valence-electron chi connectivity index (χ2n) is 8.91. The van der Waals surface area contributed by atoms with Crippen LogP contribution in [0.5, 0.6) is 5.75 Å². The van der Waals surface area contributed by atoms with Crippen LogP contribution in [-0.4, -0.2) is 75.1 Å². The normalized spacial score (nSPS) is 14.7. The van der Waals surface area contributed by atoms with Crippen molar-refractivity contribution in [2.24, 2.45) is 17.4 Å². The first-order chi connectivity index (χ1) is 17.7. The molecule has 0 bridgehead atoms. The number of primary amides is 1. The fourth-order valence-electron chi connectivity index (χ4n) is 3.34. The Morgan fingerprint density at radius 1 is 0.868 bits per heavy atom. The highest BCUT2D eigenvalue weighted by Gasteiger charge is 2.32. The maximum absolute atomic E-state index is 13.1. The summed E-state index contributed by atoms with van der Waals surface area (Å²) in [5.74, 6) is -6.58. The Labute approximate surface area is 219 Å². The number of hydrogen-bond donors (Lipinski definition) is 8. The summed E-state index contributed by atoms with van der Waals surface area (Å²) in [6.07, 6.45) is -1.09. The van der Waals surface area contributed by atoms with E-state index in [2.05, 4.69) is 16.0 Å². The molecule has 0 aromatic heterocycles. The van der Waals surface area contributed by atoms with Crippen LogP contribution in [0.2, 0.25) is 0 Å². The van der Waals surface area contributed by atoms with Gasteiger partial charge in [-0.15, -0.1) is 0 Å². The number of hydrogen-bond acceptors (Lipinski definition) is 8. The Bertz CT molecular complexity index is 1020. The number of carbonyl (C=O) groups excluding carboxylic acids is 4. The summed E-state index contributed by atoms with van der Waals surface area (Å²) in [6.45, 7) is 3.56. The van der Waals surface area contributed by atoms with Gasteiger partial charge in [-0.3, -0.25) is 24.0 Å². The lowest BCUT2D eigenvalue weighted by atomic mass is 9.98. The van der Waals surface area contributed by atoms with E-state index in [-0.39, 0.29) is 24.5 Å². The zero-order chi connectivity index (χ0) is 29.0. The fraction of sp³-hybridized carbons (Fsp3) is 0.500. The van der Waals surface area contributed by atoms with Gasteiger partial charge in [0.2, 0.25) is 23.6 Å². The molecule has 0 heterocycles. The summed E-state index contributed by atoms with van der Waals surface area (Å²) in [6, 6.07) is 0.191. The van der Waals surface area contributed by atoms with Gasteiger partial charge in [-0.25, -0.2) is 4.79 Å². The van der Waals surface area contributed by atoms with Crippen molar-refractivity contribution < 1.29 is 44.1 Å². The van der Waals surface area contributed by atoms with Crippen molar-refractivity contribution in [3.05, 3.63) is 29.8 Å². The minimum Gasteiger partial charge on any atom is -0.508 e. The molecular weight excluding hydrogens is 502 g/mol. The summed E-state index contributed by atoms with van der Waals surface area (Å²) in [5.41, 5.74) is 11.4. The summed E-state index contributed by atoms with van der Waals surface area (Å²) >= 11 is 0. The van der Waals surface area contributed by atoms with E-state index in [9.17, 15) is 39.0 Å². The van der Waals surface area contributed by atoms with Crippen molar-refractivity contribution in [3.8, 4) is 5.75 Å². The van der Waals surface area contributed by atoms with E-state index >= 15 is 0 Å². The van der Waals surface area contributed by atoms with Gasteiger partial charge in [0.05, 0.1) is 12.5 Å². The second-order valence-corrected chi connectivity index (χ2v) is 8.91. The van der Waals surface area contributed by atoms with Crippen LogP contribution in [0.1, 0.15) is 45.1 Å². The van der Waals surface area contributed by atoms with Crippen LogP contribution < -0.4 is 27.4 Å². The molecule has 1 aromatic carbocycles. The molecule has 0 spiro atoms. The molecule has 0 aliphatic rings. The van der Waals surface area contributed by atoms with E-state index in [1.165, 1.54) is 24.3 Å². The molecule has 0 aliphatic carbocycles. The maximum Gasteiger partial charge on any atom is 0.326 e. The summed E-state index contributed by atoms with van der Waals surface area (Å²) in [4.78, 5) is 72.6. The number of carbonyl (C=O) groups is 6. The fourth-order valence-corrected chi connectivity index (χ4v) is 3.34. The molecule has 0 radical (unpaired) electrons. The van der Waals surface area contributed by atoms with E-state index < -0.39 is 72.6 Å². The lowest BCUT2D eigenvalue weighted by molar-refractivity contribution is -0.143. The number of aromatic hydroxyl groups is 1. The van der Waals surface area contributed by atoms with E-state index in [0.717, 1.165) is 0 Å². The molecule has 10 N–H and O–H groups in total. The van der Waals surface area contributed by atoms with Crippen molar-refractivity contribution >= 4 is 35.6 Å². The topological polar surface area (TPSA) is 251 Å². The lowest BCUT2D eigenvalue weighted by Crippen LogP contribution is -2.58. The van der Waals surface area contributed by atoms with Gasteiger partial charge in [0.25, 0.3) is 0 Å². The monoisotopic (exact) mass is 537 g/mol. The molecule has 1 aromatic rings. The molecule has 0 fully saturated rings. The quantitative estimate of drug-likeness (QED) is 0.122. The standard InChI is InChI=1S/C24H35N5O9/c1-3-12(2)20(26)23(36)27-15(8-9-19(32)33)21(34)28-16(10-13-4-6-14(30)7-5-13)22(35)29-17(24(37)38)11-18(25)31/h4-7,12,15-17,20,30H,3,8-11,26H2,1-2H3,(H2,25,31)(H,27,36)(H,28,34)(H,29,35)(H,32,33)(H,37,38). The van der Waals surface area contributed by atoms with Crippen LogP contribution in [0.3, 0.4) is 0 Å². The smallest absolute Gasteiger partial charge is 0.326 e. The van der Waals surface area contributed by atoms with Gasteiger partial charge in [-0.05, 0) is 30.0 Å². The van der Waals surface area contributed by atoms with Crippen molar-refractivity contribution in [2.75, 3.05) is 0 Å². The Morgan fingerprint density at radius 3 is 1.89 bits per heavy atom. The molecule has 4 amide bonds. The van der Waals surface area contributed by atoms with Gasteiger partial charge in [-0.2, -0.15) is 0 Å². The predicted octanol–water partition coefficient (Wildman–Crippen LogP) is -1.41. The molecule has 210 valence electrons. The number of phenols is 1. The third kappa shape index (κ3) is 10.8. The highest BCUT2D eigenvalue weighted by Crippen LogP contribution is 2.13. The largest absolute Gasteiger partial charge is 0.508 e. The second kappa shape index (κ2) is 15.1. The number of amides is 4. The third-order valence-corrected chi connectivity index (χ3v) is 5.87. The van der Waals surface area contributed by atoms with Crippen molar-refractivity contribution in [3.63, 3.8) is 0 Å². The van der Waals surface area contributed by atoms with Gasteiger partial charge >= 0.3 is 11.9 Å². The van der Waals surface area contributed by atoms with Crippen molar-refractivity contribution in [1.82, 2.24) is 16.0 Å². The molecule has 5 unspecified atom stereocenters. The van der Waals surface area contributed by atoms with Crippen LogP contribution in [0, 0.1) is 5.92 Å². The van der Waals surface area contributed by atoms with Crippen LogP contribution in [0.15, 0.2) is 24.3 Å².